The lowest BCUT2D eigenvalue weighted by Gasteiger charge is -2.39. The van der Waals surface area contributed by atoms with E-state index in [2.05, 4.69) is 16.0 Å². The smallest absolute Gasteiger partial charge is 0.407 e. The quantitative estimate of drug-likeness (QED) is 0.635. The third-order valence-corrected chi connectivity index (χ3v) is 4.93. The topological polar surface area (TPSA) is 109 Å². The van der Waals surface area contributed by atoms with Crippen molar-refractivity contribution in [2.24, 2.45) is 0 Å². The van der Waals surface area contributed by atoms with Crippen molar-refractivity contribution in [3.8, 4) is 5.75 Å². The monoisotopic (exact) mass is 434 g/mol. The van der Waals surface area contributed by atoms with Crippen molar-refractivity contribution in [2.75, 3.05) is 25.5 Å². The highest BCUT2D eigenvalue weighted by Crippen LogP contribution is 2.20. The number of rotatable bonds is 6. The number of nitrogens with one attached hydrogen (secondary N) is 3. The zero-order valence-electron chi connectivity index (χ0n) is 19.0. The lowest BCUT2D eigenvalue weighted by molar-refractivity contribution is -0.122. The Kier molecular flexibility index (Phi) is 8.67. The lowest BCUT2D eigenvalue weighted by atomic mass is 9.96. The SMILES string of the molecule is COc1ccc(NC(=O)NC(=O)CN2CCCC[C@H]2[C@@H](C)NC(=O)OC(C)(C)C)cc1. The number of benzene rings is 1. The molecule has 1 aliphatic heterocycles. The van der Waals surface area contributed by atoms with Crippen LogP contribution in [0.2, 0.25) is 0 Å². The van der Waals surface area contributed by atoms with Crippen LogP contribution in [0.5, 0.6) is 5.75 Å². The van der Waals surface area contributed by atoms with E-state index in [0.29, 0.717) is 11.4 Å². The minimum atomic E-state index is -0.594. The Labute approximate surface area is 183 Å². The molecule has 1 heterocycles. The molecule has 1 aliphatic rings. The van der Waals surface area contributed by atoms with Crippen LogP contribution in [0.15, 0.2) is 24.3 Å². The van der Waals surface area contributed by atoms with E-state index >= 15 is 0 Å². The van der Waals surface area contributed by atoms with Gasteiger partial charge < -0.3 is 20.1 Å². The second kappa shape index (κ2) is 11.0. The number of nitrogens with zero attached hydrogens (tertiary/aromatic N) is 1. The van der Waals surface area contributed by atoms with Gasteiger partial charge in [0.05, 0.1) is 13.7 Å². The van der Waals surface area contributed by atoms with Gasteiger partial charge in [-0.3, -0.25) is 15.0 Å². The molecule has 31 heavy (non-hydrogen) atoms. The largest absolute Gasteiger partial charge is 0.497 e. The number of likely N-dealkylation sites (tertiary alicyclic amines) is 1. The Balaban J connectivity index is 1.87. The number of carbonyl (C=O) groups is 3. The van der Waals surface area contributed by atoms with Gasteiger partial charge in [0.15, 0.2) is 0 Å². The number of anilines is 1. The summed E-state index contributed by atoms with van der Waals surface area (Å²) >= 11 is 0. The fraction of sp³-hybridized carbons (Fsp3) is 0.591. The Morgan fingerprint density at radius 2 is 1.84 bits per heavy atom. The standard InChI is InChI=1S/C22H34N4O5/c1-15(23-21(29)31-22(2,3)4)18-8-6-7-13-26(18)14-19(27)25-20(28)24-16-9-11-17(30-5)12-10-16/h9-12,15,18H,6-8,13-14H2,1-5H3,(H,23,29)(H2,24,25,27,28)/t15-,18+/m1/s1. The summed E-state index contributed by atoms with van der Waals surface area (Å²) in [6, 6.07) is 6.00. The van der Waals surface area contributed by atoms with Gasteiger partial charge in [-0.25, -0.2) is 9.59 Å². The maximum atomic E-state index is 12.4. The number of methoxy groups -OCH3 is 1. The first-order valence-electron chi connectivity index (χ1n) is 10.6. The van der Waals surface area contributed by atoms with Crippen LogP contribution in [0.1, 0.15) is 47.0 Å². The number of alkyl carbamates (subject to hydrolysis) is 1. The van der Waals surface area contributed by atoms with Gasteiger partial charge in [0.2, 0.25) is 5.91 Å². The molecule has 2 atom stereocenters. The molecule has 9 heteroatoms. The summed E-state index contributed by atoms with van der Waals surface area (Å²) in [5.74, 6) is 0.273. The van der Waals surface area contributed by atoms with Crippen molar-refractivity contribution in [3.05, 3.63) is 24.3 Å². The van der Waals surface area contributed by atoms with Crippen molar-refractivity contribution >= 4 is 23.7 Å². The molecular weight excluding hydrogens is 400 g/mol. The number of amides is 4. The highest BCUT2D eigenvalue weighted by Gasteiger charge is 2.30. The normalized spacial score (nSPS) is 17.9. The number of imide groups is 1. The third kappa shape index (κ3) is 8.45. The van der Waals surface area contributed by atoms with Gasteiger partial charge in [0, 0.05) is 17.8 Å². The Hall–Kier alpha value is -2.81. The molecule has 0 bridgehead atoms. The van der Waals surface area contributed by atoms with E-state index in [9.17, 15) is 14.4 Å². The third-order valence-electron chi connectivity index (χ3n) is 4.93. The van der Waals surface area contributed by atoms with Gasteiger partial charge in [0.1, 0.15) is 11.4 Å². The summed E-state index contributed by atoms with van der Waals surface area (Å²) in [5.41, 5.74) is -0.0233. The summed E-state index contributed by atoms with van der Waals surface area (Å²) in [6.45, 7) is 8.13. The molecule has 1 fully saturated rings. The second-order valence-corrected chi connectivity index (χ2v) is 8.70. The van der Waals surface area contributed by atoms with Gasteiger partial charge in [0.25, 0.3) is 0 Å². The maximum absolute atomic E-state index is 12.4. The minimum Gasteiger partial charge on any atom is -0.497 e. The lowest BCUT2D eigenvalue weighted by Crippen LogP contribution is -2.55. The molecule has 3 N–H and O–H groups in total. The molecule has 0 aromatic heterocycles. The molecule has 172 valence electrons. The van der Waals surface area contributed by atoms with Crippen LogP contribution >= 0.6 is 0 Å². The van der Waals surface area contributed by atoms with Crippen LogP contribution < -0.4 is 20.7 Å². The van der Waals surface area contributed by atoms with E-state index in [4.69, 9.17) is 9.47 Å². The molecule has 9 nitrogen and oxygen atoms in total. The van der Waals surface area contributed by atoms with Crippen LogP contribution in [-0.2, 0) is 9.53 Å². The summed E-state index contributed by atoms with van der Waals surface area (Å²) in [4.78, 5) is 38.7. The van der Waals surface area contributed by atoms with E-state index in [1.54, 1.807) is 31.4 Å². The van der Waals surface area contributed by atoms with Gasteiger partial charge in [-0.1, -0.05) is 6.42 Å². The zero-order chi connectivity index (χ0) is 23.0. The van der Waals surface area contributed by atoms with E-state index in [-0.39, 0.29) is 18.6 Å². The van der Waals surface area contributed by atoms with E-state index in [1.807, 2.05) is 32.6 Å². The van der Waals surface area contributed by atoms with E-state index < -0.39 is 23.6 Å². The summed E-state index contributed by atoms with van der Waals surface area (Å²) in [6.07, 6.45) is 2.35. The van der Waals surface area contributed by atoms with Crippen molar-refractivity contribution < 1.29 is 23.9 Å². The molecule has 1 saturated heterocycles. The first-order chi connectivity index (χ1) is 14.6. The Morgan fingerprint density at radius 3 is 2.45 bits per heavy atom. The molecule has 4 amide bonds. The van der Waals surface area contributed by atoms with Crippen molar-refractivity contribution in [2.45, 2.75) is 64.6 Å². The van der Waals surface area contributed by atoms with E-state index in [0.717, 1.165) is 25.8 Å². The predicted molar refractivity (Wildman–Crippen MR) is 118 cm³/mol. The Morgan fingerprint density at radius 1 is 1.16 bits per heavy atom. The summed E-state index contributed by atoms with van der Waals surface area (Å²) in [5, 5.41) is 7.85. The van der Waals surface area contributed by atoms with E-state index in [1.165, 1.54) is 0 Å². The fourth-order valence-corrected chi connectivity index (χ4v) is 3.56. The van der Waals surface area contributed by atoms with Crippen LogP contribution in [0.25, 0.3) is 0 Å². The fourth-order valence-electron chi connectivity index (χ4n) is 3.56. The maximum Gasteiger partial charge on any atom is 0.407 e. The number of piperidine rings is 1. The molecule has 2 rings (SSSR count). The van der Waals surface area contributed by atoms with Crippen molar-refractivity contribution in [1.29, 1.82) is 0 Å². The highest BCUT2D eigenvalue weighted by atomic mass is 16.6. The number of ether oxygens (including phenoxy) is 2. The van der Waals surface area contributed by atoms with Gasteiger partial charge in [-0.15, -0.1) is 0 Å². The van der Waals surface area contributed by atoms with Gasteiger partial charge in [-0.2, -0.15) is 0 Å². The first-order valence-corrected chi connectivity index (χ1v) is 10.6. The number of hydrogen-bond donors (Lipinski definition) is 3. The molecule has 1 aromatic rings. The van der Waals surface area contributed by atoms with Crippen LogP contribution in [0.3, 0.4) is 0 Å². The molecular formula is C22H34N4O5. The van der Waals surface area contributed by atoms with Crippen molar-refractivity contribution in [3.63, 3.8) is 0 Å². The van der Waals surface area contributed by atoms with Crippen LogP contribution in [0.4, 0.5) is 15.3 Å². The minimum absolute atomic E-state index is 0.0170. The Bertz CT molecular complexity index is 760. The molecule has 1 aromatic carbocycles. The van der Waals surface area contributed by atoms with Gasteiger partial charge >= 0.3 is 12.1 Å². The first kappa shape index (κ1) is 24.5. The average molecular weight is 435 g/mol. The molecule has 0 aliphatic carbocycles. The molecule has 0 radical (unpaired) electrons. The molecule has 0 saturated carbocycles. The van der Waals surface area contributed by atoms with Crippen LogP contribution in [-0.4, -0.2) is 60.8 Å². The highest BCUT2D eigenvalue weighted by molar-refractivity contribution is 6.01. The number of urea groups is 1. The van der Waals surface area contributed by atoms with Crippen LogP contribution in [0, 0.1) is 0 Å². The number of carbonyl (C=O) groups excluding carboxylic acids is 3. The molecule has 0 unspecified atom stereocenters. The van der Waals surface area contributed by atoms with Crippen molar-refractivity contribution in [1.82, 2.24) is 15.5 Å². The second-order valence-electron chi connectivity index (χ2n) is 8.70. The number of hydrogen-bond acceptors (Lipinski definition) is 6. The zero-order valence-corrected chi connectivity index (χ0v) is 19.0. The summed E-state index contributed by atoms with van der Waals surface area (Å²) < 4.78 is 10.4. The predicted octanol–water partition coefficient (Wildman–Crippen LogP) is 3.11. The average Bonchev–Trinajstić information content (AvgIpc) is 2.67. The molecule has 0 spiro atoms. The summed E-state index contributed by atoms with van der Waals surface area (Å²) in [7, 11) is 1.56. The van der Waals surface area contributed by atoms with Gasteiger partial charge in [-0.05, 0) is 71.3 Å².